The SMILES string of the molecule is CCC(=Cc1[se]c2ccccc2[n+]1CCCCS(=O)(=O)[O-])C=C1Sc2ccc(Cl)cc2N1CC. The van der Waals surface area contributed by atoms with E-state index in [0.29, 0.717) is 19.4 Å². The zero-order chi connectivity index (χ0) is 24.3. The predicted molar refractivity (Wildman–Crippen MR) is 142 cm³/mol. The fourth-order valence-electron chi connectivity index (χ4n) is 4.01. The van der Waals surface area contributed by atoms with Gasteiger partial charge in [-0.2, -0.15) is 0 Å². The number of thioether (sulfide) groups is 1. The van der Waals surface area contributed by atoms with Crippen molar-refractivity contribution < 1.29 is 17.5 Å². The van der Waals surface area contributed by atoms with Gasteiger partial charge in [-0.05, 0) is 0 Å². The second kappa shape index (κ2) is 11.0. The molecule has 0 saturated carbocycles. The van der Waals surface area contributed by atoms with Gasteiger partial charge in [-0.3, -0.25) is 0 Å². The van der Waals surface area contributed by atoms with Crippen LogP contribution in [0.15, 0.2) is 64.0 Å². The molecule has 1 aromatic heterocycles. The first-order chi connectivity index (χ1) is 16.3. The van der Waals surface area contributed by atoms with Crippen molar-refractivity contribution >= 4 is 69.5 Å². The van der Waals surface area contributed by atoms with Gasteiger partial charge in [0.05, 0.1) is 0 Å². The molecule has 0 saturated heterocycles. The van der Waals surface area contributed by atoms with Crippen LogP contribution in [-0.2, 0) is 16.7 Å². The summed E-state index contributed by atoms with van der Waals surface area (Å²) < 4.78 is 37.9. The molecule has 34 heavy (non-hydrogen) atoms. The van der Waals surface area contributed by atoms with Gasteiger partial charge < -0.3 is 0 Å². The summed E-state index contributed by atoms with van der Waals surface area (Å²) >= 11 is 8.19. The van der Waals surface area contributed by atoms with Crippen molar-refractivity contribution in [2.75, 3.05) is 17.2 Å². The maximum absolute atomic E-state index is 11.0. The number of halogens is 1. The minimum atomic E-state index is -4.17. The summed E-state index contributed by atoms with van der Waals surface area (Å²) in [7, 11) is -4.17. The van der Waals surface area contributed by atoms with Crippen molar-refractivity contribution in [1.29, 1.82) is 0 Å². The molecule has 1 aliphatic heterocycles. The van der Waals surface area contributed by atoms with Gasteiger partial charge in [0.1, 0.15) is 0 Å². The molecule has 0 bridgehead atoms. The second-order valence-corrected chi connectivity index (χ2v) is 13.3. The van der Waals surface area contributed by atoms with Gasteiger partial charge in [-0.25, -0.2) is 0 Å². The Labute approximate surface area is 216 Å². The monoisotopic (exact) mass is 582 g/mol. The Morgan fingerprint density at radius 3 is 2.74 bits per heavy atom. The molecule has 0 aliphatic carbocycles. The van der Waals surface area contributed by atoms with Gasteiger partial charge in [0.15, 0.2) is 0 Å². The molecule has 2 heterocycles. The average Bonchev–Trinajstić information content (AvgIpc) is 3.32. The van der Waals surface area contributed by atoms with E-state index in [1.54, 1.807) is 11.8 Å². The van der Waals surface area contributed by atoms with Crippen molar-refractivity contribution in [2.24, 2.45) is 0 Å². The first-order valence-corrected chi connectivity index (χ1v) is 15.8. The number of rotatable bonds is 9. The fourth-order valence-corrected chi connectivity index (χ4v) is 8.36. The third-order valence-electron chi connectivity index (χ3n) is 5.70. The molecule has 0 fully saturated rings. The van der Waals surface area contributed by atoms with E-state index in [0.717, 1.165) is 23.7 Å². The van der Waals surface area contributed by atoms with Crippen molar-refractivity contribution in [3.05, 3.63) is 68.7 Å². The number of allylic oxidation sites excluding steroid dienone is 2. The quantitative estimate of drug-likeness (QED) is 0.146. The van der Waals surface area contributed by atoms with Crippen LogP contribution < -0.4 is 9.47 Å². The Bertz CT molecular complexity index is 1370. The van der Waals surface area contributed by atoms with E-state index >= 15 is 0 Å². The van der Waals surface area contributed by atoms with Crippen LogP contribution in [0.2, 0.25) is 5.02 Å². The number of aromatic nitrogens is 1. The van der Waals surface area contributed by atoms with Crippen molar-refractivity contribution in [3.63, 3.8) is 0 Å². The van der Waals surface area contributed by atoms with Crippen LogP contribution in [0.4, 0.5) is 5.69 Å². The molecule has 5 nitrogen and oxygen atoms in total. The summed E-state index contributed by atoms with van der Waals surface area (Å²) in [5, 5.41) is 1.94. The minimum absolute atomic E-state index is 0.171. The van der Waals surface area contributed by atoms with E-state index in [1.807, 2.05) is 18.2 Å². The number of hydrogen-bond acceptors (Lipinski definition) is 5. The first kappa shape index (κ1) is 25.5. The maximum atomic E-state index is 11.0. The van der Waals surface area contributed by atoms with E-state index < -0.39 is 10.1 Å². The molecule has 0 spiro atoms. The van der Waals surface area contributed by atoms with Gasteiger partial charge in [0, 0.05) is 0 Å². The van der Waals surface area contributed by atoms with Crippen molar-refractivity contribution in [2.45, 2.75) is 44.6 Å². The molecule has 0 atom stereocenters. The Kier molecular flexibility index (Phi) is 8.28. The van der Waals surface area contributed by atoms with E-state index in [2.05, 4.69) is 59.7 Å². The summed E-state index contributed by atoms with van der Waals surface area (Å²) in [6.07, 6.45) is 6.50. The molecule has 9 heteroatoms. The molecule has 1 aliphatic rings. The molecular weight excluding hydrogens is 555 g/mol. The normalized spacial score (nSPS) is 15.5. The molecule has 0 N–H and O–H groups in total. The average molecular weight is 582 g/mol. The number of anilines is 1. The molecule has 4 rings (SSSR count). The molecule has 0 amide bonds. The number of hydrogen-bond donors (Lipinski definition) is 0. The van der Waals surface area contributed by atoms with E-state index in [4.69, 9.17) is 11.6 Å². The topological polar surface area (TPSA) is 64.3 Å². The summed E-state index contributed by atoms with van der Waals surface area (Å²) in [5.41, 5.74) is 3.59. The van der Waals surface area contributed by atoms with Crippen LogP contribution in [0.5, 0.6) is 0 Å². The van der Waals surface area contributed by atoms with E-state index in [-0.39, 0.29) is 20.3 Å². The number of benzene rings is 2. The van der Waals surface area contributed by atoms with E-state index in [9.17, 15) is 13.0 Å². The van der Waals surface area contributed by atoms with Crippen LogP contribution in [0.3, 0.4) is 0 Å². The van der Waals surface area contributed by atoms with Gasteiger partial charge in [-0.15, -0.1) is 0 Å². The van der Waals surface area contributed by atoms with E-state index in [1.165, 1.54) is 29.8 Å². The van der Waals surface area contributed by atoms with Gasteiger partial charge in [-0.1, -0.05) is 0 Å². The molecular formula is C25H27ClN2O3S2Se. The molecule has 3 aromatic rings. The third kappa shape index (κ3) is 5.98. The summed E-state index contributed by atoms with van der Waals surface area (Å²) in [6.45, 7) is 5.88. The number of nitrogens with zero attached hydrogens (tertiary/aromatic N) is 2. The van der Waals surface area contributed by atoms with Crippen LogP contribution in [-0.4, -0.2) is 39.8 Å². The summed E-state index contributed by atoms with van der Waals surface area (Å²) in [5.74, 6) is -0.306. The zero-order valence-electron chi connectivity index (χ0n) is 19.2. The third-order valence-corrected chi connectivity index (χ3v) is 10.2. The van der Waals surface area contributed by atoms with Gasteiger partial charge >= 0.3 is 218 Å². The van der Waals surface area contributed by atoms with Crippen molar-refractivity contribution in [1.82, 2.24) is 0 Å². The molecule has 2 aromatic carbocycles. The number of aryl methyl sites for hydroxylation is 1. The second-order valence-electron chi connectivity index (χ2n) is 8.04. The van der Waals surface area contributed by atoms with Gasteiger partial charge in [0.25, 0.3) is 0 Å². The first-order valence-electron chi connectivity index (χ1n) is 11.3. The number of fused-ring (bicyclic) bond motifs is 2. The molecule has 0 radical (unpaired) electrons. The van der Waals surface area contributed by atoms with Crippen LogP contribution in [0.25, 0.3) is 15.9 Å². The van der Waals surface area contributed by atoms with Crippen molar-refractivity contribution in [3.8, 4) is 0 Å². The summed E-state index contributed by atoms with van der Waals surface area (Å²) in [6, 6.07) is 14.4. The predicted octanol–water partition coefficient (Wildman–Crippen LogP) is 5.43. The molecule has 0 unspecified atom stereocenters. The van der Waals surface area contributed by atoms with Crippen LogP contribution in [0.1, 0.15) is 37.7 Å². The zero-order valence-corrected chi connectivity index (χ0v) is 23.3. The fraction of sp³-hybridized carbons (Fsp3) is 0.320. The standard InChI is InChI=1S/C25H27ClN2O3S2Se/c1-3-18(15-24-27(4-2)21-17-19(26)11-12-22(21)32-24)16-25-28(13-7-8-14-33(29,30)31)20-9-5-6-10-23(20)34-25/h5-6,9-12,15-17H,3-4,7-8,13-14H2,1-2H3. The Hall–Kier alpha value is -1.54. The van der Waals surface area contributed by atoms with Gasteiger partial charge in [0.2, 0.25) is 0 Å². The molecule has 180 valence electrons. The number of unbranched alkanes of at least 4 members (excludes halogenated alkanes) is 1. The van der Waals surface area contributed by atoms with Crippen LogP contribution >= 0.6 is 23.4 Å². The number of para-hydroxylation sites is 1. The summed E-state index contributed by atoms with van der Waals surface area (Å²) in [4.78, 5) is 3.52. The Balaban J connectivity index is 1.65. The Morgan fingerprint density at radius 1 is 1.21 bits per heavy atom. The van der Waals surface area contributed by atoms with Crippen LogP contribution in [0, 0.1) is 0 Å². The Morgan fingerprint density at radius 2 is 2.00 bits per heavy atom.